The smallest absolute Gasteiger partial charge is 0.332 e. The summed E-state index contributed by atoms with van der Waals surface area (Å²) in [6.07, 6.45) is 3.20. The summed E-state index contributed by atoms with van der Waals surface area (Å²) in [5.41, 5.74) is -0.177. The van der Waals surface area contributed by atoms with E-state index in [-0.39, 0.29) is 34.0 Å². The SMILES string of the molecule is Cn1c(=O)n(Cc2ccc(F)c(F)c2)c(=O)c2sc(C(=O)NCc3ccncc3)nc21. The third kappa shape index (κ3) is 3.99. The van der Waals surface area contributed by atoms with E-state index in [0.29, 0.717) is 0 Å². The third-order valence-electron chi connectivity index (χ3n) is 4.61. The van der Waals surface area contributed by atoms with Gasteiger partial charge in [-0.1, -0.05) is 6.07 Å². The van der Waals surface area contributed by atoms with E-state index in [1.807, 2.05) is 0 Å². The number of pyridine rings is 1. The summed E-state index contributed by atoms with van der Waals surface area (Å²) in [7, 11) is 1.42. The van der Waals surface area contributed by atoms with Gasteiger partial charge in [0.25, 0.3) is 11.5 Å². The number of halogens is 2. The number of fused-ring (bicyclic) bond motifs is 1. The molecular formula is C20H15F2N5O3S. The van der Waals surface area contributed by atoms with Crippen molar-refractivity contribution in [2.45, 2.75) is 13.1 Å². The van der Waals surface area contributed by atoms with Gasteiger partial charge in [0.1, 0.15) is 4.70 Å². The molecule has 0 spiro atoms. The van der Waals surface area contributed by atoms with Crippen LogP contribution in [0.3, 0.4) is 0 Å². The van der Waals surface area contributed by atoms with Gasteiger partial charge in [0.15, 0.2) is 22.3 Å². The van der Waals surface area contributed by atoms with E-state index in [9.17, 15) is 23.2 Å². The molecule has 0 unspecified atom stereocenters. The van der Waals surface area contributed by atoms with E-state index < -0.39 is 28.8 Å². The third-order valence-corrected chi connectivity index (χ3v) is 5.64. The van der Waals surface area contributed by atoms with Crippen LogP contribution >= 0.6 is 11.3 Å². The zero-order valence-electron chi connectivity index (χ0n) is 16.1. The van der Waals surface area contributed by atoms with Crippen molar-refractivity contribution >= 4 is 27.6 Å². The average Bonchev–Trinajstić information content (AvgIpc) is 3.23. The number of hydrogen-bond acceptors (Lipinski definition) is 6. The lowest BCUT2D eigenvalue weighted by molar-refractivity contribution is 0.0950. The second kappa shape index (κ2) is 8.19. The molecule has 3 aromatic heterocycles. The number of carbonyl (C=O) groups is 1. The molecule has 0 atom stereocenters. The maximum Gasteiger partial charge on any atom is 0.332 e. The summed E-state index contributed by atoms with van der Waals surface area (Å²) in [6.45, 7) is -0.00328. The minimum absolute atomic E-state index is 0.0294. The van der Waals surface area contributed by atoms with Crippen molar-refractivity contribution in [2.24, 2.45) is 7.05 Å². The van der Waals surface area contributed by atoms with Gasteiger partial charge < -0.3 is 5.32 Å². The van der Waals surface area contributed by atoms with Crippen LogP contribution in [0.5, 0.6) is 0 Å². The molecule has 0 bridgehead atoms. The highest BCUT2D eigenvalue weighted by molar-refractivity contribution is 7.20. The van der Waals surface area contributed by atoms with Crippen molar-refractivity contribution in [3.8, 4) is 0 Å². The maximum absolute atomic E-state index is 13.5. The fourth-order valence-electron chi connectivity index (χ4n) is 2.98. The number of carbonyl (C=O) groups excluding carboxylic acids is 1. The topological polar surface area (TPSA) is 98.9 Å². The number of amides is 1. The summed E-state index contributed by atoms with van der Waals surface area (Å²) >= 11 is 0.858. The number of aryl methyl sites for hydroxylation is 1. The standard InChI is InChI=1S/C20H15F2N5O3S/c1-26-16-15(31-18(25-16)17(28)24-9-11-4-6-23-7-5-11)19(29)27(20(26)30)10-12-2-3-13(21)14(22)8-12/h2-8H,9-10H2,1H3,(H,24,28). The lowest BCUT2D eigenvalue weighted by Crippen LogP contribution is -2.39. The predicted molar refractivity (Wildman–Crippen MR) is 110 cm³/mol. The van der Waals surface area contributed by atoms with Crippen molar-refractivity contribution < 1.29 is 13.6 Å². The molecule has 0 radical (unpaired) electrons. The number of rotatable bonds is 5. The van der Waals surface area contributed by atoms with Crippen LogP contribution in [-0.2, 0) is 20.1 Å². The van der Waals surface area contributed by atoms with Gasteiger partial charge in [-0.15, -0.1) is 11.3 Å². The zero-order valence-corrected chi connectivity index (χ0v) is 16.9. The van der Waals surface area contributed by atoms with Crippen LogP contribution in [0, 0.1) is 11.6 Å². The highest BCUT2D eigenvalue weighted by Gasteiger charge is 2.20. The molecule has 1 aromatic carbocycles. The molecular weight excluding hydrogens is 428 g/mol. The molecule has 1 amide bonds. The minimum atomic E-state index is -1.07. The first kappa shape index (κ1) is 20.5. The molecule has 0 saturated carbocycles. The Balaban J connectivity index is 1.67. The molecule has 4 aromatic rings. The van der Waals surface area contributed by atoms with Crippen LogP contribution in [0.25, 0.3) is 10.3 Å². The Morgan fingerprint density at radius 2 is 1.84 bits per heavy atom. The van der Waals surface area contributed by atoms with Crippen LogP contribution in [-0.4, -0.2) is 25.0 Å². The maximum atomic E-state index is 13.5. The molecule has 0 saturated heterocycles. The fraction of sp³-hybridized carbons (Fsp3) is 0.150. The molecule has 0 fully saturated rings. The van der Waals surface area contributed by atoms with Crippen molar-refractivity contribution in [1.29, 1.82) is 0 Å². The van der Waals surface area contributed by atoms with Crippen LogP contribution in [0.4, 0.5) is 8.78 Å². The van der Waals surface area contributed by atoms with Crippen molar-refractivity contribution in [2.75, 3.05) is 0 Å². The van der Waals surface area contributed by atoms with Gasteiger partial charge in [-0.05, 0) is 35.4 Å². The van der Waals surface area contributed by atoms with Crippen molar-refractivity contribution in [3.05, 3.63) is 91.3 Å². The van der Waals surface area contributed by atoms with Gasteiger partial charge in [-0.3, -0.25) is 23.7 Å². The van der Waals surface area contributed by atoms with E-state index in [0.717, 1.165) is 38.2 Å². The van der Waals surface area contributed by atoms with Crippen molar-refractivity contribution in [1.82, 2.24) is 24.4 Å². The quantitative estimate of drug-likeness (QED) is 0.507. The molecule has 8 nitrogen and oxygen atoms in total. The Morgan fingerprint density at radius 1 is 1.10 bits per heavy atom. The molecule has 158 valence electrons. The molecule has 3 heterocycles. The molecule has 0 aliphatic carbocycles. The number of thiazole rings is 1. The first-order valence-corrected chi connectivity index (χ1v) is 9.88. The molecule has 11 heteroatoms. The van der Waals surface area contributed by atoms with E-state index in [4.69, 9.17) is 0 Å². The van der Waals surface area contributed by atoms with Gasteiger partial charge in [-0.2, -0.15) is 0 Å². The highest BCUT2D eigenvalue weighted by atomic mass is 32.1. The second-order valence-corrected chi connectivity index (χ2v) is 7.69. The molecule has 0 aliphatic heterocycles. The van der Waals surface area contributed by atoms with Crippen LogP contribution in [0.1, 0.15) is 20.9 Å². The van der Waals surface area contributed by atoms with Crippen LogP contribution in [0.2, 0.25) is 0 Å². The first-order chi connectivity index (χ1) is 14.8. The Bertz CT molecular complexity index is 1410. The van der Waals surface area contributed by atoms with Gasteiger partial charge >= 0.3 is 5.69 Å². The average molecular weight is 443 g/mol. The molecule has 31 heavy (non-hydrogen) atoms. The number of benzene rings is 1. The largest absolute Gasteiger partial charge is 0.346 e. The normalized spacial score (nSPS) is 11.1. The molecule has 4 rings (SSSR count). The van der Waals surface area contributed by atoms with E-state index in [2.05, 4.69) is 15.3 Å². The number of hydrogen-bond donors (Lipinski definition) is 1. The lowest BCUT2D eigenvalue weighted by atomic mass is 10.2. The second-order valence-electron chi connectivity index (χ2n) is 6.69. The number of nitrogens with one attached hydrogen (secondary N) is 1. The van der Waals surface area contributed by atoms with Gasteiger partial charge in [0.2, 0.25) is 0 Å². The lowest BCUT2D eigenvalue weighted by Gasteiger charge is -2.08. The Kier molecular flexibility index (Phi) is 5.42. The Morgan fingerprint density at radius 3 is 2.55 bits per heavy atom. The highest BCUT2D eigenvalue weighted by Crippen LogP contribution is 2.18. The summed E-state index contributed by atoms with van der Waals surface area (Å²) in [5, 5.41) is 2.73. The number of aromatic nitrogens is 4. The van der Waals surface area contributed by atoms with Crippen LogP contribution in [0.15, 0.2) is 52.3 Å². The zero-order chi connectivity index (χ0) is 22.1. The fourth-order valence-corrected chi connectivity index (χ4v) is 3.94. The van der Waals surface area contributed by atoms with Gasteiger partial charge in [0.05, 0.1) is 6.54 Å². The summed E-state index contributed by atoms with van der Waals surface area (Å²) < 4.78 is 28.8. The van der Waals surface area contributed by atoms with Gasteiger partial charge in [0, 0.05) is 26.0 Å². The van der Waals surface area contributed by atoms with Gasteiger partial charge in [-0.25, -0.2) is 18.6 Å². The predicted octanol–water partition coefficient (Wildman–Crippen LogP) is 1.81. The first-order valence-electron chi connectivity index (χ1n) is 9.06. The Labute approximate surface area is 177 Å². The summed E-state index contributed by atoms with van der Waals surface area (Å²) in [6, 6.07) is 6.64. The summed E-state index contributed by atoms with van der Waals surface area (Å²) in [4.78, 5) is 46.1. The Hall–Kier alpha value is -3.73. The molecule has 1 N–H and O–H groups in total. The van der Waals surface area contributed by atoms with E-state index in [1.165, 1.54) is 13.1 Å². The van der Waals surface area contributed by atoms with E-state index >= 15 is 0 Å². The number of nitrogens with zero attached hydrogens (tertiary/aromatic N) is 4. The minimum Gasteiger partial charge on any atom is -0.346 e. The van der Waals surface area contributed by atoms with E-state index in [1.54, 1.807) is 24.5 Å². The van der Waals surface area contributed by atoms with Crippen molar-refractivity contribution in [3.63, 3.8) is 0 Å². The molecule has 0 aliphatic rings. The van der Waals surface area contributed by atoms with Crippen LogP contribution < -0.4 is 16.6 Å². The summed E-state index contributed by atoms with van der Waals surface area (Å²) in [5.74, 6) is -2.59. The monoisotopic (exact) mass is 443 g/mol.